The van der Waals surface area contributed by atoms with Gasteiger partial charge in [0.25, 0.3) is 0 Å². The van der Waals surface area contributed by atoms with Gasteiger partial charge in [0, 0.05) is 6.54 Å². The van der Waals surface area contributed by atoms with Crippen LogP contribution in [-0.4, -0.2) is 30.0 Å². The van der Waals surface area contributed by atoms with Crippen LogP contribution in [0.3, 0.4) is 0 Å². The number of hydrogen-bond acceptors (Lipinski definition) is 2. The Bertz CT molecular complexity index is 160. The molecule has 0 aromatic heterocycles. The van der Waals surface area contributed by atoms with Gasteiger partial charge in [0.15, 0.2) is 0 Å². The van der Waals surface area contributed by atoms with Crippen molar-refractivity contribution in [3.05, 3.63) is 0 Å². The average Bonchev–Trinajstić information content (AvgIpc) is 2.65. The lowest BCUT2D eigenvalue weighted by Gasteiger charge is -1.98. The number of hydrogen-bond donors (Lipinski definition) is 2. The normalized spacial score (nSPS) is 26.8. The number of epoxide rings is 1. The van der Waals surface area contributed by atoms with Crippen molar-refractivity contribution in [1.29, 1.82) is 0 Å². The number of ether oxygens (including phenoxy) is 1. The van der Waals surface area contributed by atoms with Gasteiger partial charge in [0.1, 0.15) is 0 Å². The molecule has 4 heteroatoms. The van der Waals surface area contributed by atoms with E-state index in [1.807, 2.05) is 0 Å². The first kappa shape index (κ1) is 9.32. The summed E-state index contributed by atoms with van der Waals surface area (Å²) >= 11 is 0. The van der Waals surface area contributed by atoms with Crippen LogP contribution in [0.5, 0.6) is 0 Å². The second-order valence-electron chi connectivity index (χ2n) is 3.11. The SMILES string of the molecule is C[C@@H]1O[C@H]1CCCCNC(=O)O. The largest absolute Gasteiger partial charge is 0.465 e. The summed E-state index contributed by atoms with van der Waals surface area (Å²) in [6, 6.07) is 0. The van der Waals surface area contributed by atoms with Crippen LogP contribution in [0.1, 0.15) is 26.2 Å². The molecule has 0 aliphatic carbocycles. The molecule has 0 saturated carbocycles. The fourth-order valence-corrected chi connectivity index (χ4v) is 1.20. The topological polar surface area (TPSA) is 61.9 Å². The summed E-state index contributed by atoms with van der Waals surface area (Å²) in [6.45, 7) is 2.61. The minimum absolute atomic E-state index is 0.428. The van der Waals surface area contributed by atoms with Crippen molar-refractivity contribution in [2.24, 2.45) is 0 Å². The van der Waals surface area contributed by atoms with Gasteiger partial charge in [0.05, 0.1) is 12.2 Å². The molecule has 0 unspecified atom stereocenters. The van der Waals surface area contributed by atoms with Gasteiger partial charge in [-0.1, -0.05) is 0 Å². The van der Waals surface area contributed by atoms with Gasteiger partial charge in [-0.25, -0.2) is 4.79 Å². The van der Waals surface area contributed by atoms with E-state index in [0.717, 1.165) is 19.3 Å². The fourth-order valence-electron chi connectivity index (χ4n) is 1.20. The Labute approximate surface area is 71.9 Å². The van der Waals surface area contributed by atoms with Crippen molar-refractivity contribution in [2.45, 2.75) is 38.4 Å². The highest BCUT2D eigenvalue weighted by Crippen LogP contribution is 2.25. The first-order valence-corrected chi connectivity index (χ1v) is 4.32. The van der Waals surface area contributed by atoms with Crippen LogP contribution in [0.15, 0.2) is 0 Å². The monoisotopic (exact) mass is 173 g/mol. The molecule has 0 spiro atoms. The second-order valence-corrected chi connectivity index (χ2v) is 3.11. The van der Waals surface area contributed by atoms with Gasteiger partial charge in [-0.05, 0) is 26.2 Å². The second kappa shape index (κ2) is 4.30. The van der Waals surface area contributed by atoms with Crippen LogP contribution in [0.4, 0.5) is 4.79 Å². The summed E-state index contributed by atoms with van der Waals surface area (Å²) < 4.78 is 5.21. The lowest BCUT2D eigenvalue weighted by Crippen LogP contribution is -2.21. The Morgan fingerprint density at radius 1 is 1.58 bits per heavy atom. The third-order valence-electron chi connectivity index (χ3n) is 2.03. The number of amides is 1. The third kappa shape index (κ3) is 3.57. The van der Waals surface area contributed by atoms with Crippen LogP contribution in [-0.2, 0) is 4.74 Å². The number of unbranched alkanes of at least 4 members (excludes halogenated alkanes) is 1. The van der Waals surface area contributed by atoms with Crippen LogP contribution < -0.4 is 5.32 Å². The minimum Gasteiger partial charge on any atom is -0.465 e. The van der Waals surface area contributed by atoms with E-state index < -0.39 is 6.09 Å². The Morgan fingerprint density at radius 3 is 2.75 bits per heavy atom. The first-order valence-electron chi connectivity index (χ1n) is 4.32. The fraction of sp³-hybridized carbons (Fsp3) is 0.875. The van der Waals surface area contributed by atoms with E-state index in [1.54, 1.807) is 0 Å². The molecule has 2 atom stereocenters. The summed E-state index contributed by atoms with van der Waals surface area (Å²) in [5.74, 6) is 0. The molecule has 1 aliphatic heterocycles. The molecule has 70 valence electrons. The molecule has 4 nitrogen and oxygen atoms in total. The molecule has 0 radical (unpaired) electrons. The standard InChI is InChI=1S/C8H15NO3/c1-6-7(12-6)4-2-3-5-9-8(10)11/h6-7,9H,2-5H2,1H3,(H,10,11)/t6-,7-/m0/s1. The molecule has 1 saturated heterocycles. The summed E-state index contributed by atoms with van der Waals surface area (Å²) in [6.07, 6.45) is 2.93. The van der Waals surface area contributed by atoms with Gasteiger partial charge < -0.3 is 15.2 Å². The lowest BCUT2D eigenvalue weighted by molar-refractivity contribution is 0.194. The van der Waals surface area contributed by atoms with Crippen molar-refractivity contribution in [1.82, 2.24) is 5.32 Å². The molecule has 1 heterocycles. The third-order valence-corrected chi connectivity index (χ3v) is 2.03. The predicted molar refractivity (Wildman–Crippen MR) is 44.2 cm³/mol. The number of carboxylic acid groups (broad SMARTS) is 1. The van der Waals surface area contributed by atoms with E-state index in [9.17, 15) is 4.79 Å². The number of rotatable bonds is 5. The zero-order valence-corrected chi connectivity index (χ0v) is 7.25. The van der Waals surface area contributed by atoms with E-state index in [1.165, 1.54) is 0 Å². The van der Waals surface area contributed by atoms with Crippen molar-refractivity contribution >= 4 is 6.09 Å². The van der Waals surface area contributed by atoms with Crippen LogP contribution in [0.2, 0.25) is 0 Å². The molecule has 0 bridgehead atoms. The zero-order valence-electron chi connectivity index (χ0n) is 7.25. The zero-order chi connectivity index (χ0) is 8.97. The summed E-state index contributed by atoms with van der Waals surface area (Å²) in [7, 11) is 0. The van der Waals surface area contributed by atoms with Crippen LogP contribution in [0.25, 0.3) is 0 Å². The Morgan fingerprint density at radius 2 is 2.25 bits per heavy atom. The van der Waals surface area contributed by atoms with Gasteiger partial charge in [-0.15, -0.1) is 0 Å². The molecule has 0 aromatic rings. The highest BCUT2D eigenvalue weighted by molar-refractivity contribution is 5.64. The van der Waals surface area contributed by atoms with E-state index >= 15 is 0 Å². The highest BCUT2D eigenvalue weighted by atomic mass is 16.6. The Balaban J connectivity index is 1.80. The predicted octanol–water partition coefficient (Wildman–Crippen LogP) is 1.21. The summed E-state index contributed by atoms with van der Waals surface area (Å²) in [5.41, 5.74) is 0. The molecular weight excluding hydrogens is 158 g/mol. The van der Waals surface area contributed by atoms with Gasteiger partial charge in [-0.3, -0.25) is 0 Å². The molecule has 1 aliphatic rings. The van der Waals surface area contributed by atoms with Crippen molar-refractivity contribution in [2.75, 3.05) is 6.54 Å². The molecule has 1 fully saturated rings. The van der Waals surface area contributed by atoms with Gasteiger partial charge in [0.2, 0.25) is 0 Å². The molecule has 1 rings (SSSR count). The summed E-state index contributed by atoms with van der Waals surface area (Å²) in [5, 5.41) is 10.6. The highest BCUT2D eigenvalue weighted by Gasteiger charge is 2.32. The average molecular weight is 173 g/mol. The maximum absolute atomic E-state index is 10.0. The van der Waals surface area contributed by atoms with Gasteiger partial charge in [-0.2, -0.15) is 0 Å². The van der Waals surface area contributed by atoms with Crippen molar-refractivity contribution in [3.8, 4) is 0 Å². The van der Waals surface area contributed by atoms with Crippen LogP contribution >= 0.6 is 0 Å². The molecule has 0 aromatic carbocycles. The van der Waals surface area contributed by atoms with E-state index in [-0.39, 0.29) is 0 Å². The molecule has 1 amide bonds. The summed E-state index contributed by atoms with van der Waals surface area (Å²) in [4.78, 5) is 10.0. The van der Waals surface area contributed by atoms with E-state index in [4.69, 9.17) is 9.84 Å². The van der Waals surface area contributed by atoms with Crippen molar-refractivity contribution < 1.29 is 14.6 Å². The molecular formula is C8H15NO3. The number of carbonyl (C=O) groups is 1. The first-order chi connectivity index (χ1) is 5.70. The molecule has 12 heavy (non-hydrogen) atoms. The van der Waals surface area contributed by atoms with E-state index in [0.29, 0.717) is 18.8 Å². The minimum atomic E-state index is -0.939. The maximum atomic E-state index is 10.0. The maximum Gasteiger partial charge on any atom is 0.404 e. The Kier molecular flexibility index (Phi) is 3.34. The van der Waals surface area contributed by atoms with Crippen LogP contribution in [0, 0.1) is 0 Å². The lowest BCUT2D eigenvalue weighted by atomic mass is 10.1. The van der Waals surface area contributed by atoms with Gasteiger partial charge >= 0.3 is 6.09 Å². The smallest absolute Gasteiger partial charge is 0.404 e. The van der Waals surface area contributed by atoms with Crippen molar-refractivity contribution in [3.63, 3.8) is 0 Å². The van der Waals surface area contributed by atoms with E-state index in [2.05, 4.69) is 12.2 Å². The Hall–Kier alpha value is -0.770. The number of nitrogens with one attached hydrogen (secondary N) is 1. The quantitative estimate of drug-likeness (QED) is 0.485. The molecule has 2 N–H and O–H groups in total.